The minimum absolute atomic E-state index is 0.107. The zero-order valence-corrected chi connectivity index (χ0v) is 70.3. The molecule has 6 atom stereocenters. The highest BCUT2D eigenvalue weighted by Gasteiger charge is 2.30. The normalized spacial score (nSPS) is 14.2. The summed E-state index contributed by atoms with van der Waals surface area (Å²) in [5, 5.41) is 10.7. The predicted octanol–water partition coefficient (Wildman–Crippen LogP) is 25.7. The molecule has 0 aliphatic heterocycles. The van der Waals surface area contributed by atoms with E-state index in [1.54, 1.807) is 0 Å². The largest absolute Gasteiger partial charge is 0.472 e. The maximum Gasteiger partial charge on any atom is 0.472 e. The summed E-state index contributed by atoms with van der Waals surface area (Å²) in [4.78, 5) is 73.2. The summed E-state index contributed by atoms with van der Waals surface area (Å²) >= 11 is 0. The lowest BCUT2D eigenvalue weighted by Crippen LogP contribution is -2.30. The quantitative estimate of drug-likeness (QED) is 0.0222. The first-order valence-electron chi connectivity index (χ1n) is 43.9. The van der Waals surface area contributed by atoms with Gasteiger partial charge < -0.3 is 33.8 Å². The highest BCUT2D eigenvalue weighted by atomic mass is 31.2. The lowest BCUT2D eigenvalue weighted by atomic mass is 9.99. The Bertz CT molecular complexity index is 2010. The molecule has 0 amide bonds. The summed E-state index contributed by atoms with van der Waals surface area (Å²) in [6.07, 6.45) is 65.1. The number of carbonyl (C=O) groups excluding carboxylic acids is 4. The second-order valence-corrected chi connectivity index (χ2v) is 34.7. The van der Waals surface area contributed by atoms with Crippen molar-refractivity contribution in [3.8, 4) is 0 Å². The molecule has 0 saturated heterocycles. The second-order valence-electron chi connectivity index (χ2n) is 31.8. The number of aliphatic hydroxyl groups is 1. The molecule has 0 bridgehead atoms. The van der Waals surface area contributed by atoms with Gasteiger partial charge in [0.2, 0.25) is 0 Å². The van der Waals surface area contributed by atoms with Crippen molar-refractivity contribution >= 4 is 39.5 Å². The third kappa shape index (κ3) is 76.8. The Hall–Kier alpha value is -1.94. The van der Waals surface area contributed by atoms with Gasteiger partial charge in [0.15, 0.2) is 12.2 Å². The molecule has 104 heavy (non-hydrogen) atoms. The van der Waals surface area contributed by atoms with Crippen LogP contribution in [0.25, 0.3) is 0 Å². The predicted molar refractivity (Wildman–Crippen MR) is 428 cm³/mol. The van der Waals surface area contributed by atoms with Crippen molar-refractivity contribution in [3.05, 3.63) is 0 Å². The zero-order chi connectivity index (χ0) is 76.5. The fourth-order valence-electron chi connectivity index (χ4n) is 13.2. The van der Waals surface area contributed by atoms with Gasteiger partial charge >= 0.3 is 39.5 Å². The number of esters is 4. The van der Waals surface area contributed by atoms with E-state index in [4.69, 9.17) is 37.0 Å². The van der Waals surface area contributed by atoms with Gasteiger partial charge in [-0.1, -0.05) is 395 Å². The van der Waals surface area contributed by atoms with Crippen LogP contribution in [0.1, 0.15) is 447 Å². The molecular weight excluding hydrogens is 1350 g/mol. The van der Waals surface area contributed by atoms with Crippen molar-refractivity contribution in [3.63, 3.8) is 0 Å². The van der Waals surface area contributed by atoms with Gasteiger partial charge in [-0.2, -0.15) is 0 Å². The Morgan fingerprint density at radius 3 is 0.731 bits per heavy atom. The van der Waals surface area contributed by atoms with Gasteiger partial charge in [-0.15, -0.1) is 0 Å². The summed E-state index contributed by atoms with van der Waals surface area (Å²) < 4.78 is 68.9. The first-order chi connectivity index (χ1) is 50.3. The summed E-state index contributed by atoms with van der Waals surface area (Å²) in [6.45, 7) is 12.1. The van der Waals surface area contributed by atoms with E-state index in [2.05, 4.69) is 48.5 Å². The van der Waals surface area contributed by atoms with E-state index in [0.717, 1.165) is 108 Å². The van der Waals surface area contributed by atoms with Crippen LogP contribution < -0.4 is 0 Å². The van der Waals surface area contributed by atoms with E-state index < -0.39 is 97.5 Å². The maximum atomic E-state index is 13.1. The van der Waals surface area contributed by atoms with Gasteiger partial charge in [-0.05, 0) is 43.4 Å². The van der Waals surface area contributed by atoms with Crippen LogP contribution in [0, 0.1) is 17.8 Å². The third-order valence-electron chi connectivity index (χ3n) is 20.2. The van der Waals surface area contributed by atoms with E-state index in [9.17, 15) is 43.2 Å². The molecule has 0 radical (unpaired) electrons. The molecule has 618 valence electrons. The van der Waals surface area contributed by atoms with Crippen LogP contribution in [-0.4, -0.2) is 96.7 Å². The number of rotatable bonds is 83. The van der Waals surface area contributed by atoms with Crippen molar-refractivity contribution < 1.29 is 80.2 Å². The fourth-order valence-corrected chi connectivity index (χ4v) is 14.7. The molecule has 3 N–H and O–H groups in total. The van der Waals surface area contributed by atoms with Crippen LogP contribution in [0.2, 0.25) is 0 Å². The Morgan fingerprint density at radius 1 is 0.279 bits per heavy atom. The lowest BCUT2D eigenvalue weighted by Gasteiger charge is -2.21. The van der Waals surface area contributed by atoms with E-state index in [1.165, 1.54) is 257 Å². The van der Waals surface area contributed by atoms with Crippen molar-refractivity contribution in [1.29, 1.82) is 0 Å². The van der Waals surface area contributed by atoms with Crippen molar-refractivity contribution in [2.24, 2.45) is 17.8 Å². The number of phosphoric acid groups is 2. The van der Waals surface area contributed by atoms with Gasteiger partial charge in [0, 0.05) is 25.7 Å². The molecule has 0 aromatic heterocycles. The molecule has 0 fully saturated rings. The number of hydrogen-bond donors (Lipinski definition) is 3. The van der Waals surface area contributed by atoms with Crippen molar-refractivity contribution in [1.82, 2.24) is 0 Å². The number of phosphoric ester groups is 2. The molecule has 0 rings (SSSR count). The van der Waals surface area contributed by atoms with Crippen LogP contribution in [-0.2, 0) is 65.4 Å². The molecule has 0 aromatic carbocycles. The number of aliphatic hydroxyl groups excluding tert-OH is 1. The third-order valence-corrected chi connectivity index (χ3v) is 22.1. The smallest absolute Gasteiger partial charge is 0.462 e. The monoisotopic (exact) mass is 1520 g/mol. The zero-order valence-electron chi connectivity index (χ0n) is 68.5. The minimum Gasteiger partial charge on any atom is -0.462 e. The molecule has 17 nitrogen and oxygen atoms in total. The van der Waals surface area contributed by atoms with Gasteiger partial charge in [0.25, 0.3) is 0 Å². The highest BCUT2D eigenvalue weighted by Crippen LogP contribution is 2.45. The first kappa shape index (κ1) is 102. The number of hydrogen-bond acceptors (Lipinski definition) is 15. The molecule has 3 unspecified atom stereocenters. The SMILES string of the molecule is CCCCCCCCCCCCCC(=O)OC[C@H](COP(=O)(O)OC[C@H](O)COP(=O)(O)OC[C@@H](COC(=O)CCCCCCCCCCCCCCCC(C)C)OC(=O)CCCCCCCCCCCCCCCCCCCCC(C)CC)OC(=O)CCCCCCCCCCCCCCC(C)C. The number of carbonyl (C=O) groups is 4. The summed E-state index contributed by atoms with van der Waals surface area (Å²) in [5.41, 5.74) is 0. The van der Waals surface area contributed by atoms with Crippen LogP contribution in [0.3, 0.4) is 0 Å². The molecule has 0 saturated carbocycles. The average molecular weight is 1520 g/mol. The Kier molecular flexibility index (Phi) is 73.7. The molecule has 0 heterocycles. The average Bonchev–Trinajstić information content (AvgIpc) is 0.903. The molecule has 19 heteroatoms. The van der Waals surface area contributed by atoms with Gasteiger partial charge in [0.1, 0.15) is 19.3 Å². The van der Waals surface area contributed by atoms with Crippen LogP contribution in [0.5, 0.6) is 0 Å². The summed E-state index contributed by atoms with van der Waals surface area (Å²) in [6, 6.07) is 0. The van der Waals surface area contributed by atoms with Crippen LogP contribution in [0.15, 0.2) is 0 Å². The molecule has 0 aromatic rings. The Labute approximate surface area is 638 Å². The van der Waals surface area contributed by atoms with Crippen LogP contribution in [0.4, 0.5) is 0 Å². The maximum absolute atomic E-state index is 13.1. The van der Waals surface area contributed by atoms with E-state index >= 15 is 0 Å². The van der Waals surface area contributed by atoms with E-state index in [0.29, 0.717) is 25.7 Å². The van der Waals surface area contributed by atoms with E-state index in [1.807, 2.05) is 0 Å². The van der Waals surface area contributed by atoms with Crippen LogP contribution >= 0.6 is 15.6 Å². The summed E-state index contributed by atoms with van der Waals surface area (Å²) in [5.74, 6) is 0.334. The molecule has 0 aliphatic carbocycles. The first-order valence-corrected chi connectivity index (χ1v) is 46.9. The Balaban J connectivity index is 5.23. The highest BCUT2D eigenvalue weighted by molar-refractivity contribution is 7.47. The molecular formula is C85H166O17P2. The fraction of sp³-hybridized carbons (Fsp3) is 0.953. The van der Waals surface area contributed by atoms with Gasteiger partial charge in [0.05, 0.1) is 26.4 Å². The topological polar surface area (TPSA) is 237 Å². The van der Waals surface area contributed by atoms with Gasteiger partial charge in [-0.25, -0.2) is 9.13 Å². The Morgan fingerprint density at radius 2 is 0.490 bits per heavy atom. The number of ether oxygens (including phenoxy) is 4. The van der Waals surface area contributed by atoms with E-state index in [-0.39, 0.29) is 25.7 Å². The van der Waals surface area contributed by atoms with Crippen molar-refractivity contribution in [2.45, 2.75) is 465 Å². The van der Waals surface area contributed by atoms with Crippen molar-refractivity contribution in [2.75, 3.05) is 39.6 Å². The lowest BCUT2D eigenvalue weighted by molar-refractivity contribution is -0.161. The standard InChI is InChI=1S/C85H166O17P2/c1-8-10-11-12-13-14-28-38-45-52-59-66-82(87)95-72-80(102-85(90)69-62-55-48-41-34-27-26-30-36-43-50-57-64-77(5)6)74-99-103(91,92)97-70-79(86)71-98-104(93,94)100-75-81(73-96-83(88)67-60-53-46-39-32-25-21-22-29-35-42-49-56-63-76(3)4)101-84(89)68-61-54-47-40-33-24-20-18-16-15-17-19-23-31-37-44-51-58-65-78(7)9-2/h76-81,86H,8-75H2,1-7H3,(H,91,92)(H,93,94)/t78?,79-,80+,81+/m0/s1. The number of unbranched alkanes of at least 4 members (excludes halogenated alkanes) is 50. The second kappa shape index (κ2) is 75.1. The summed E-state index contributed by atoms with van der Waals surface area (Å²) in [7, 11) is -9.93. The minimum atomic E-state index is -4.97. The van der Waals surface area contributed by atoms with Gasteiger partial charge in [-0.3, -0.25) is 37.3 Å². The molecule has 0 spiro atoms. The molecule has 0 aliphatic rings.